The van der Waals surface area contributed by atoms with Gasteiger partial charge in [-0.1, -0.05) is 13.8 Å². The highest BCUT2D eigenvalue weighted by Crippen LogP contribution is 2.21. The Bertz CT molecular complexity index is 255. The van der Waals surface area contributed by atoms with Gasteiger partial charge in [0.05, 0.1) is 18.3 Å². The quantitative estimate of drug-likeness (QED) is 0.762. The summed E-state index contributed by atoms with van der Waals surface area (Å²) in [6.07, 6.45) is 6.09. The number of likely N-dealkylation sites (N-methyl/N-ethyl adjacent to an activating group) is 1. The number of ether oxygens (including phenoxy) is 2. The van der Waals surface area contributed by atoms with Crippen LogP contribution in [0.15, 0.2) is 0 Å². The minimum absolute atomic E-state index is 0.406. The van der Waals surface area contributed by atoms with Crippen LogP contribution in [-0.2, 0) is 9.47 Å². The van der Waals surface area contributed by atoms with E-state index in [0.717, 1.165) is 26.2 Å². The summed E-state index contributed by atoms with van der Waals surface area (Å²) in [7, 11) is 2.19. The standard InChI is InChI=1S/C15H30N2O2/c1-12(2)16-9-13-6-7-15(19-13)11-17(3)10-14-5-4-8-18-14/h12-16H,4-11H2,1-3H3. The molecule has 112 valence electrons. The van der Waals surface area contributed by atoms with Crippen molar-refractivity contribution in [3.05, 3.63) is 0 Å². The van der Waals surface area contributed by atoms with Crippen molar-refractivity contribution in [2.24, 2.45) is 0 Å². The minimum atomic E-state index is 0.406. The zero-order valence-electron chi connectivity index (χ0n) is 12.7. The lowest BCUT2D eigenvalue weighted by Gasteiger charge is -2.24. The van der Waals surface area contributed by atoms with Gasteiger partial charge in [0.25, 0.3) is 0 Å². The monoisotopic (exact) mass is 270 g/mol. The van der Waals surface area contributed by atoms with Gasteiger partial charge in [-0.25, -0.2) is 0 Å². The highest BCUT2D eigenvalue weighted by molar-refractivity contribution is 4.79. The largest absolute Gasteiger partial charge is 0.377 e. The Morgan fingerprint density at radius 1 is 1.11 bits per heavy atom. The normalized spacial score (nSPS) is 31.7. The van der Waals surface area contributed by atoms with Gasteiger partial charge in [0.2, 0.25) is 0 Å². The van der Waals surface area contributed by atoms with E-state index in [1.165, 1.54) is 25.7 Å². The number of hydrogen-bond acceptors (Lipinski definition) is 4. The molecule has 0 spiro atoms. The Morgan fingerprint density at radius 2 is 1.84 bits per heavy atom. The van der Waals surface area contributed by atoms with E-state index < -0.39 is 0 Å². The maximum absolute atomic E-state index is 6.10. The van der Waals surface area contributed by atoms with Gasteiger partial charge in [-0.05, 0) is 32.7 Å². The zero-order chi connectivity index (χ0) is 13.7. The van der Waals surface area contributed by atoms with Crippen LogP contribution in [0.2, 0.25) is 0 Å². The van der Waals surface area contributed by atoms with Gasteiger partial charge >= 0.3 is 0 Å². The van der Waals surface area contributed by atoms with Crippen LogP contribution in [0.4, 0.5) is 0 Å². The van der Waals surface area contributed by atoms with E-state index in [9.17, 15) is 0 Å². The van der Waals surface area contributed by atoms with Crippen molar-refractivity contribution < 1.29 is 9.47 Å². The second-order valence-electron chi connectivity index (χ2n) is 6.38. The molecule has 0 aliphatic carbocycles. The molecule has 1 N–H and O–H groups in total. The highest BCUT2D eigenvalue weighted by Gasteiger charge is 2.27. The predicted octanol–water partition coefficient (Wildman–Crippen LogP) is 1.64. The Labute approximate surface area is 117 Å². The molecule has 2 aliphatic heterocycles. The molecule has 0 saturated carbocycles. The van der Waals surface area contributed by atoms with E-state index in [1.807, 2.05) is 0 Å². The molecular weight excluding hydrogens is 240 g/mol. The minimum Gasteiger partial charge on any atom is -0.377 e. The Balaban J connectivity index is 1.60. The molecule has 2 heterocycles. The summed E-state index contributed by atoms with van der Waals surface area (Å²) in [5.74, 6) is 0. The maximum atomic E-state index is 6.10. The summed E-state index contributed by atoms with van der Waals surface area (Å²) < 4.78 is 11.8. The third-order valence-electron chi connectivity index (χ3n) is 4.00. The Morgan fingerprint density at radius 3 is 2.53 bits per heavy atom. The summed E-state index contributed by atoms with van der Waals surface area (Å²) in [6.45, 7) is 8.39. The summed E-state index contributed by atoms with van der Waals surface area (Å²) in [6, 6.07) is 0.546. The molecule has 19 heavy (non-hydrogen) atoms. The van der Waals surface area contributed by atoms with Gasteiger partial charge < -0.3 is 19.7 Å². The maximum Gasteiger partial charge on any atom is 0.0707 e. The molecule has 2 saturated heterocycles. The van der Waals surface area contributed by atoms with Gasteiger partial charge in [0.15, 0.2) is 0 Å². The fraction of sp³-hybridized carbons (Fsp3) is 1.00. The molecular formula is C15H30N2O2. The molecule has 4 nitrogen and oxygen atoms in total. The van der Waals surface area contributed by atoms with Crippen LogP contribution in [0.3, 0.4) is 0 Å². The molecule has 0 aromatic heterocycles. The molecule has 2 fully saturated rings. The van der Waals surface area contributed by atoms with Gasteiger partial charge in [-0.3, -0.25) is 0 Å². The SMILES string of the molecule is CC(C)NCC1CCC(CN(C)CC2CCCO2)O1. The first-order valence-electron chi connectivity index (χ1n) is 7.82. The average molecular weight is 270 g/mol. The van der Waals surface area contributed by atoms with Crippen LogP contribution in [0, 0.1) is 0 Å². The number of nitrogens with zero attached hydrogens (tertiary/aromatic N) is 1. The van der Waals surface area contributed by atoms with Crippen LogP contribution < -0.4 is 5.32 Å². The van der Waals surface area contributed by atoms with Crippen molar-refractivity contribution in [2.45, 2.75) is 63.9 Å². The van der Waals surface area contributed by atoms with Gasteiger partial charge in [-0.15, -0.1) is 0 Å². The fourth-order valence-corrected chi connectivity index (χ4v) is 2.99. The van der Waals surface area contributed by atoms with Crippen molar-refractivity contribution in [3.63, 3.8) is 0 Å². The van der Waals surface area contributed by atoms with E-state index in [-0.39, 0.29) is 0 Å². The molecule has 2 aliphatic rings. The van der Waals surface area contributed by atoms with Crippen molar-refractivity contribution in [1.82, 2.24) is 10.2 Å². The molecule has 4 heteroatoms. The van der Waals surface area contributed by atoms with Crippen molar-refractivity contribution in [3.8, 4) is 0 Å². The van der Waals surface area contributed by atoms with E-state index in [4.69, 9.17) is 9.47 Å². The third kappa shape index (κ3) is 5.38. The predicted molar refractivity (Wildman–Crippen MR) is 77.5 cm³/mol. The Kier molecular flexibility index (Phi) is 6.07. The fourth-order valence-electron chi connectivity index (χ4n) is 2.99. The highest BCUT2D eigenvalue weighted by atomic mass is 16.5. The molecule has 0 aromatic carbocycles. The van der Waals surface area contributed by atoms with Crippen LogP contribution in [0.25, 0.3) is 0 Å². The smallest absolute Gasteiger partial charge is 0.0707 e. The van der Waals surface area contributed by atoms with Crippen LogP contribution in [-0.4, -0.2) is 62.5 Å². The van der Waals surface area contributed by atoms with E-state index >= 15 is 0 Å². The van der Waals surface area contributed by atoms with Crippen LogP contribution in [0.5, 0.6) is 0 Å². The Hall–Kier alpha value is -0.160. The molecule has 0 bridgehead atoms. The van der Waals surface area contributed by atoms with Gasteiger partial charge in [0.1, 0.15) is 0 Å². The molecule has 3 atom stereocenters. The molecule has 0 amide bonds. The molecule has 0 radical (unpaired) electrons. The van der Waals surface area contributed by atoms with E-state index in [2.05, 4.69) is 31.1 Å². The van der Waals surface area contributed by atoms with Gasteiger partial charge in [-0.2, -0.15) is 0 Å². The van der Waals surface area contributed by atoms with E-state index in [0.29, 0.717) is 24.4 Å². The van der Waals surface area contributed by atoms with Crippen molar-refractivity contribution in [1.29, 1.82) is 0 Å². The first-order valence-corrected chi connectivity index (χ1v) is 7.82. The summed E-state index contributed by atoms with van der Waals surface area (Å²) in [5, 5.41) is 3.46. The summed E-state index contributed by atoms with van der Waals surface area (Å²) in [4.78, 5) is 2.37. The average Bonchev–Trinajstić information content (AvgIpc) is 2.98. The second-order valence-corrected chi connectivity index (χ2v) is 6.38. The van der Waals surface area contributed by atoms with Crippen LogP contribution in [0.1, 0.15) is 39.5 Å². The third-order valence-corrected chi connectivity index (χ3v) is 4.00. The number of hydrogen-bond donors (Lipinski definition) is 1. The van der Waals surface area contributed by atoms with Crippen molar-refractivity contribution in [2.75, 3.05) is 33.3 Å². The van der Waals surface area contributed by atoms with Crippen molar-refractivity contribution >= 4 is 0 Å². The topological polar surface area (TPSA) is 33.7 Å². The lowest BCUT2D eigenvalue weighted by atomic mass is 10.1. The molecule has 3 unspecified atom stereocenters. The van der Waals surface area contributed by atoms with Gasteiger partial charge in [0, 0.05) is 32.3 Å². The molecule has 2 rings (SSSR count). The van der Waals surface area contributed by atoms with E-state index in [1.54, 1.807) is 0 Å². The second kappa shape index (κ2) is 7.58. The summed E-state index contributed by atoms with van der Waals surface area (Å²) in [5.41, 5.74) is 0. The summed E-state index contributed by atoms with van der Waals surface area (Å²) >= 11 is 0. The number of nitrogens with one attached hydrogen (secondary N) is 1. The first kappa shape index (κ1) is 15.2. The lowest BCUT2D eigenvalue weighted by molar-refractivity contribution is 0.0151. The zero-order valence-corrected chi connectivity index (χ0v) is 12.7. The first-order chi connectivity index (χ1) is 9.13. The van der Waals surface area contributed by atoms with Crippen LogP contribution >= 0.6 is 0 Å². The molecule has 0 aromatic rings. The number of rotatable bonds is 7. The lowest BCUT2D eigenvalue weighted by Crippen LogP contribution is -2.36.